The molecule has 0 radical (unpaired) electrons. The molecule has 0 aliphatic carbocycles. The molecule has 0 heterocycles. The van der Waals surface area contributed by atoms with Crippen molar-refractivity contribution in [2.75, 3.05) is 0 Å². The summed E-state index contributed by atoms with van der Waals surface area (Å²) < 4.78 is 0. The molecule has 1 aromatic rings. The number of nitriles is 1. The van der Waals surface area contributed by atoms with Gasteiger partial charge in [0.1, 0.15) is 6.04 Å². The standard InChI is InChI=1S/C11H12Cl2N2/c1-7(2)15-10(6-14)8-4-3-5-9(12)11(8)13/h3-5,7,10,15H,1-2H3. The van der Waals surface area contributed by atoms with Crippen LogP contribution in [0.5, 0.6) is 0 Å². The maximum Gasteiger partial charge on any atom is 0.123 e. The molecule has 0 amide bonds. The maximum atomic E-state index is 9.03. The van der Waals surface area contributed by atoms with E-state index < -0.39 is 6.04 Å². The van der Waals surface area contributed by atoms with Gasteiger partial charge in [-0.1, -0.05) is 35.3 Å². The molecule has 0 aliphatic heterocycles. The molecule has 1 rings (SSSR count). The molecule has 0 saturated carbocycles. The van der Waals surface area contributed by atoms with E-state index >= 15 is 0 Å². The van der Waals surface area contributed by atoms with Crippen LogP contribution in [-0.2, 0) is 0 Å². The Balaban J connectivity index is 3.03. The van der Waals surface area contributed by atoms with Gasteiger partial charge in [-0.25, -0.2) is 0 Å². The number of halogens is 2. The van der Waals surface area contributed by atoms with E-state index in [0.29, 0.717) is 10.0 Å². The highest BCUT2D eigenvalue weighted by Crippen LogP contribution is 2.29. The van der Waals surface area contributed by atoms with Crippen molar-refractivity contribution in [3.63, 3.8) is 0 Å². The Morgan fingerprint density at radius 2 is 2.00 bits per heavy atom. The summed E-state index contributed by atoms with van der Waals surface area (Å²) in [6.45, 7) is 3.95. The Bertz CT molecular complexity index is 383. The predicted octanol–water partition coefficient (Wildman–Crippen LogP) is 3.56. The van der Waals surface area contributed by atoms with Crippen molar-refractivity contribution in [2.45, 2.75) is 25.9 Å². The first-order chi connectivity index (χ1) is 7.06. The largest absolute Gasteiger partial charge is 0.296 e. The van der Waals surface area contributed by atoms with Crippen LogP contribution < -0.4 is 5.32 Å². The third kappa shape index (κ3) is 3.10. The summed E-state index contributed by atoms with van der Waals surface area (Å²) in [6.07, 6.45) is 0. The zero-order chi connectivity index (χ0) is 11.4. The molecular formula is C11H12Cl2N2. The summed E-state index contributed by atoms with van der Waals surface area (Å²) in [7, 11) is 0. The first kappa shape index (κ1) is 12.3. The van der Waals surface area contributed by atoms with Gasteiger partial charge in [0.15, 0.2) is 0 Å². The number of nitrogens with one attached hydrogen (secondary N) is 1. The molecule has 15 heavy (non-hydrogen) atoms. The minimum atomic E-state index is -0.420. The number of benzene rings is 1. The third-order valence-electron chi connectivity index (χ3n) is 1.92. The number of hydrogen-bond donors (Lipinski definition) is 1. The van der Waals surface area contributed by atoms with Crippen LogP contribution in [0.4, 0.5) is 0 Å². The fraction of sp³-hybridized carbons (Fsp3) is 0.364. The second-order valence-corrected chi connectivity index (χ2v) is 4.31. The number of rotatable bonds is 3. The highest BCUT2D eigenvalue weighted by Gasteiger charge is 2.15. The lowest BCUT2D eigenvalue weighted by Gasteiger charge is -2.16. The molecule has 1 aromatic carbocycles. The van der Waals surface area contributed by atoms with Gasteiger partial charge in [0.2, 0.25) is 0 Å². The molecule has 1 N–H and O–H groups in total. The van der Waals surface area contributed by atoms with Crippen molar-refractivity contribution in [3.05, 3.63) is 33.8 Å². The average molecular weight is 243 g/mol. The lowest BCUT2D eigenvalue weighted by Crippen LogP contribution is -2.27. The van der Waals surface area contributed by atoms with Gasteiger partial charge in [-0.05, 0) is 19.9 Å². The summed E-state index contributed by atoms with van der Waals surface area (Å²) in [5, 5.41) is 13.1. The van der Waals surface area contributed by atoms with Gasteiger partial charge in [-0.15, -0.1) is 0 Å². The smallest absolute Gasteiger partial charge is 0.123 e. The summed E-state index contributed by atoms with van der Waals surface area (Å²) in [6, 6.07) is 7.25. The minimum absolute atomic E-state index is 0.213. The molecular weight excluding hydrogens is 231 g/mol. The Morgan fingerprint density at radius 3 is 2.53 bits per heavy atom. The van der Waals surface area contributed by atoms with Gasteiger partial charge in [0.25, 0.3) is 0 Å². The van der Waals surface area contributed by atoms with E-state index in [-0.39, 0.29) is 6.04 Å². The predicted molar refractivity (Wildman–Crippen MR) is 63.1 cm³/mol. The van der Waals surface area contributed by atoms with Crippen molar-refractivity contribution in [1.29, 1.82) is 5.26 Å². The Kier molecular flexibility index (Phi) is 4.41. The molecule has 1 unspecified atom stereocenters. The third-order valence-corrected chi connectivity index (χ3v) is 2.76. The highest BCUT2D eigenvalue weighted by atomic mass is 35.5. The van der Waals surface area contributed by atoms with Crippen molar-refractivity contribution in [3.8, 4) is 6.07 Å². The summed E-state index contributed by atoms with van der Waals surface area (Å²) in [4.78, 5) is 0. The highest BCUT2D eigenvalue weighted by molar-refractivity contribution is 6.42. The van der Waals surface area contributed by atoms with Crippen LogP contribution in [0.3, 0.4) is 0 Å². The minimum Gasteiger partial charge on any atom is -0.296 e. The van der Waals surface area contributed by atoms with E-state index in [2.05, 4.69) is 11.4 Å². The van der Waals surface area contributed by atoms with Crippen molar-refractivity contribution in [1.82, 2.24) is 5.32 Å². The maximum absolute atomic E-state index is 9.03. The summed E-state index contributed by atoms with van der Waals surface area (Å²) in [5.74, 6) is 0. The van der Waals surface area contributed by atoms with Gasteiger partial charge in [0, 0.05) is 11.6 Å². The second-order valence-electron chi connectivity index (χ2n) is 3.53. The SMILES string of the molecule is CC(C)NC(C#N)c1cccc(Cl)c1Cl. The van der Waals surface area contributed by atoms with E-state index in [0.717, 1.165) is 5.56 Å². The van der Waals surface area contributed by atoms with Crippen LogP contribution >= 0.6 is 23.2 Å². The van der Waals surface area contributed by atoms with Crippen LogP contribution in [0.25, 0.3) is 0 Å². The van der Waals surface area contributed by atoms with Gasteiger partial charge < -0.3 is 0 Å². The van der Waals surface area contributed by atoms with Crippen LogP contribution in [0, 0.1) is 11.3 Å². The molecule has 0 saturated heterocycles. The van der Waals surface area contributed by atoms with Gasteiger partial charge in [0.05, 0.1) is 16.1 Å². The fourth-order valence-corrected chi connectivity index (χ4v) is 1.69. The van der Waals surface area contributed by atoms with Crippen molar-refractivity contribution in [2.24, 2.45) is 0 Å². The van der Waals surface area contributed by atoms with Gasteiger partial charge in [-0.3, -0.25) is 5.32 Å². The average Bonchev–Trinajstić information content (AvgIpc) is 2.19. The monoisotopic (exact) mass is 242 g/mol. The molecule has 1 atom stereocenters. The van der Waals surface area contributed by atoms with Crippen molar-refractivity contribution < 1.29 is 0 Å². The van der Waals surface area contributed by atoms with Crippen molar-refractivity contribution >= 4 is 23.2 Å². The summed E-state index contributed by atoms with van der Waals surface area (Å²) >= 11 is 11.9. The normalized spacial score (nSPS) is 12.5. The second kappa shape index (κ2) is 5.37. The van der Waals surface area contributed by atoms with Crippen LogP contribution in [0.2, 0.25) is 10.0 Å². The lowest BCUT2D eigenvalue weighted by molar-refractivity contribution is 0.546. The quantitative estimate of drug-likeness (QED) is 0.880. The van der Waals surface area contributed by atoms with E-state index in [1.54, 1.807) is 18.2 Å². The zero-order valence-electron chi connectivity index (χ0n) is 8.59. The molecule has 80 valence electrons. The van der Waals surface area contributed by atoms with Gasteiger partial charge in [-0.2, -0.15) is 5.26 Å². The topological polar surface area (TPSA) is 35.8 Å². The van der Waals surface area contributed by atoms with Crippen LogP contribution in [-0.4, -0.2) is 6.04 Å². The van der Waals surface area contributed by atoms with E-state index in [1.807, 2.05) is 13.8 Å². The molecule has 0 aliphatic rings. The molecule has 0 aromatic heterocycles. The molecule has 4 heteroatoms. The first-order valence-corrected chi connectivity index (χ1v) is 5.41. The Hall–Kier alpha value is -0.750. The Labute approximate surface area is 99.8 Å². The van der Waals surface area contributed by atoms with Crippen LogP contribution in [0.15, 0.2) is 18.2 Å². The molecule has 0 fully saturated rings. The van der Waals surface area contributed by atoms with Crippen LogP contribution in [0.1, 0.15) is 25.5 Å². The fourth-order valence-electron chi connectivity index (χ4n) is 1.27. The molecule has 2 nitrogen and oxygen atoms in total. The van der Waals surface area contributed by atoms with E-state index in [9.17, 15) is 0 Å². The van der Waals surface area contributed by atoms with E-state index in [4.69, 9.17) is 28.5 Å². The lowest BCUT2D eigenvalue weighted by atomic mass is 10.1. The van der Waals surface area contributed by atoms with Gasteiger partial charge >= 0.3 is 0 Å². The zero-order valence-corrected chi connectivity index (χ0v) is 10.1. The summed E-state index contributed by atoms with van der Waals surface area (Å²) in [5.41, 5.74) is 0.723. The van der Waals surface area contributed by atoms with E-state index in [1.165, 1.54) is 0 Å². The first-order valence-electron chi connectivity index (χ1n) is 4.65. The number of hydrogen-bond acceptors (Lipinski definition) is 2. The number of nitrogens with zero attached hydrogens (tertiary/aromatic N) is 1. The molecule has 0 spiro atoms. The Morgan fingerprint density at radius 1 is 1.33 bits per heavy atom. The molecule has 0 bridgehead atoms.